The summed E-state index contributed by atoms with van der Waals surface area (Å²) in [4.78, 5) is 0. The number of rotatable bonds is 6. The second-order valence-corrected chi connectivity index (χ2v) is 3.33. The standard InChI is InChI=1S/C9H15NOS/c12-8-4-2-1-3-5-9-6-7-11-10-9/h6-7,12H,1-5,8H2. The average molecular weight is 185 g/mol. The van der Waals surface area contributed by atoms with Crippen molar-refractivity contribution in [1.82, 2.24) is 5.16 Å². The summed E-state index contributed by atoms with van der Waals surface area (Å²) in [6.45, 7) is 0. The SMILES string of the molecule is SCCCCCCc1ccon1. The van der Waals surface area contributed by atoms with Gasteiger partial charge in [0, 0.05) is 6.07 Å². The molecule has 0 aliphatic rings. The number of aromatic nitrogens is 1. The maximum absolute atomic E-state index is 4.73. The van der Waals surface area contributed by atoms with E-state index in [0.29, 0.717) is 0 Å². The number of thiol groups is 1. The molecule has 12 heavy (non-hydrogen) atoms. The third-order valence-corrected chi connectivity index (χ3v) is 2.15. The smallest absolute Gasteiger partial charge is 0.124 e. The van der Waals surface area contributed by atoms with Crippen molar-refractivity contribution in [3.8, 4) is 0 Å². The second-order valence-electron chi connectivity index (χ2n) is 2.88. The Morgan fingerprint density at radius 3 is 2.75 bits per heavy atom. The molecule has 1 aromatic rings. The summed E-state index contributed by atoms with van der Waals surface area (Å²) in [5.74, 6) is 1.00. The van der Waals surface area contributed by atoms with Crippen LogP contribution in [0.2, 0.25) is 0 Å². The highest BCUT2D eigenvalue weighted by Crippen LogP contribution is 2.05. The molecule has 3 heteroatoms. The van der Waals surface area contributed by atoms with Crippen LogP contribution in [0.3, 0.4) is 0 Å². The summed E-state index contributed by atoms with van der Waals surface area (Å²) >= 11 is 4.16. The minimum Gasteiger partial charge on any atom is -0.365 e. The predicted octanol–water partition coefficient (Wildman–Crippen LogP) is 2.71. The molecule has 0 aliphatic carbocycles. The summed E-state index contributed by atoms with van der Waals surface area (Å²) < 4.78 is 4.73. The molecule has 1 rings (SSSR count). The van der Waals surface area contributed by atoms with Gasteiger partial charge in [0.1, 0.15) is 6.26 Å². The van der Waals surface area contributed by atoms with E-state index in [4.69, 9.17) is 4.52 Å². The molecule has 0 amide bonds. The van der Waals surface area contributed by atoms with Crippen LogP contribution in [-0.2, 0) is 6.42 Å². The van der Waals surface area contributed by atoms with Crippen LogP contribution in [0.15, 0.2) is 16.9 Å². The molecular weight excluding hydrogens is 170 g/mol. The van der Waals surface area contributed by atoms with Crippen LogP contribution in [0.25, 0.3) is 0 Å². The van der Waals surface area contributed by atoms with Crippen LogP contribution < -0.4 is 0 Å². The van der Waals surface area contributed by atoms with Gasteiger partial charge in [-0.05, 0) is 25.0 Å². The summed E-state index contributed by atoms with van der Waals surface area (Å²) in [5, 5.41) is 3.84. The highest BCUT2D eigenvalue weighted by atomic mass is 32.1. The van der Waals surface area contributed by atoms with Gasteiger partial charge in [-0.3, -0.25) is 0 Å². The molecule has 1 aromatic heterocycles. The van der Waals surface area contributed by atoms with Crippen LogP contribution in [0.5, 0.6) is 0 Å². The molecular formula is C9H15NOS. The van der Waals surface area contributed by atoms with E-state index in [0.717, 1.165) is 17.9 Å². The lowest BCUT2D eigenvalue weighted by molar-refractivity contribution is 0.410. The second kappa shape index (κ2) is 6.12. The normalized spacial score (nSPS) is 10.4. The highest BCUT2D eigenvalue weighted by Gasteiger charge is 1.95. The molecule has 2 nitrogen and oxygen atoms in total. The molecule has 68 valence electrons. The molecule has 0 aromatic carbocycles. The molecule has 0 saturated heterocycles. The first-order valence-electron chi connectivity index (χ1n) is 4.43. The van der Waals surface area contributed by atoms with Crippen molar-refractivity contribution in [2.75, 3.05) is 5.75 Å². The number of nitrogens with zero attached hydrogens (tertiary/aromatic N) is 1. The molecule has 0 unspecified atom stereocenters. The van der Waals surface area contributed by atoms with Crippen molar-refractivity contribution in [1.29, 1.82) is 0 Å². The molecule has 0 fully saturated rings. The fraction of sp³-hybridized carbons (Fsp3) is 0.667. The first-order chi connectivity index (χ1) is 5.93. The quantitative estimate of drug-likeness (QED) is 0.544. The number of unbranched alkanes of at least 4 members (excludes halogenated alkanes) is 3. The van der Waals surface area contributed by atoms with Gasteiger partial charge in [0.25, 0.3) is 0 Å². The Balaban J connectivity index is 1.96. The van der Waals surface area contributed by atoms with Crippen LogP contribution >= 0.6 is 12.6 Å². The first kappa shape index (κ1) is 9.65. The Labute approximate surface area is 78.7 Å². The Kier molecular flexibility index (Phi) is 4.92. The molecule has 0 aliphatic heterocycles. The van der Waals surface area contributed by atoms with E-state index in [-0.39, 0.29) is 0 Å². The van der Waals surface area contributed by atoms with E-state index in [1.165, 1.54) is 25.7 Å². The lowest BCUT2D eigenvalue weighted by atomic mass is 10.1. The molecule has 0 spiro atoms. The minimum atomic E-state index is 1.00. The first-order valence-corrected chi connectivity index (χ1v) is 5.07. The molecule has 1 heterocycles. The van der Waals surface area contributed by atoms with Gasteiger partial charge in [-0.1, -0.05) is 18.0 Å². The Hall–Kier alpha value is -0.440. The topological polar surface area (TPSA) is 26.0 Å². The van der Waals surface area contributed by atoms with Gasteiger partial charge in [-0.15, -0.1) is 0 Å². The summed E-state index contributed by atoms with van der Waals surface area (Å²) in [6.07, 6.45) is 7.66. The zero-order valence-electron chi connectivity index (χ0n) is 7.20. The zero-order valence-corrected chi connectivity index (χ0v) is 8.09. The van der Waals surface area contributed by atoms with Crippen LogP contribution in [0.1, 0.15) is 31.4 Å². The lowest BCUT2D eigenvalue weighted by Gasteiger charge is -1.96. The van der Waals surface area contributed by atoms with Gasteiger partial charge in [0.15, 0.2) is 0 Å². The number of aryl methyl sites for hydroxylation is 1. The van der Waals surface area contributed by atoms with E-state index in [1.54, 1.807) is 6.26 Å². The van der Waals surface area contributed by atoms with E-state index in [1.807, 2.05) is 6.07 Å². The summed E-state index contributed by atoms with van der Waals surface area (Å²) in [6, 6.07) is 1.93. The van der Waals surface area contributed by atoms with Gasteiger partial charge >= 0.3 is 0 Å². The highest BCUT2D eigenvalue weighted by molar-refractivity contribution is 7.80. The largest absolute Gasteiger partial charge is 0.365 e. The molecule has 0 saturated carbocycles. The van der Waals surface area contributed by atoms with Gasteiger partial charge in [-0.2, -0.15) is 12.6 Å². The number of hydrogen-bond donors (Lipinski definition) is 1. The third kappa shape index (κ3) is 3.81. The molecule has 0 N–H and O–H groups in total. The van der Waals surface area contributed by atoms with Crippen molar-refractivity contribution in [2.24, 2.45) is 0 Å². The zero-order chi connectivity index (χ0) is 8.65. The van der Waals surface area contributed by atoms with Gasteiger partial charge < -0.3 is 4.52 Å². The summed E-state index contributed by atoms with van der Waals surface area (Å²) in [7, 11) is 0. The van der Waals surface area contributed by atoms with E-state index < -0.39 is 0 Å². The molecule has 0 bridgehead atoms. The Morgan fingerprint density at radius 1 is 1.25 bits per heavy atom. The van der Waals surface area contributed by atoms with Crippen molar-refractivity contribution < 1.29 is 4.52 Å². The van der Waals surface area contributed by atoms with E-state index >= 15 is 0 Å². The van der Waals surface area contributed by atoms with Crippen molar-refractivity contribution >= 4 is 12.6 Å². The van der Waals surface area contributed by atoms with Gasteiger partial charge in [0.2, 0.25) is 0 Å². The van der Waals surface area contributed by atoms with E-state index in [2.05, 4.69) is 17.8 Å². The minimum absolute atomic E-state index is 1.00. The predicted molar refractivity (Wildman–Crippen MR) is 52.5 cm³/mol. The fourth-order valence-electron chi connectivity index (χ4n) is 1.14. The molecule has 0 atom stereocenters. The Bertz CT molecular complexity index is 186. The third-order valence-electron chi connectivity index (χ3n) is 1.83. The van der Waals surface area contributed by atoms with Crippen molar-refractivity contribution in [3.63, 3.8) is 0 Å². The fourth-order valence-corrected chi connectivity index (χ4v) is 1.36. The van der Waals surface area contributed by atoms with Crippen molar-refractivity contribution in [3.05, 3.63) is 18.0 Å². The average Bonchev–Trinajstić information content (AvgIpc) is 2.57. The lowest BCUT2D eigenvalue weighted by Crippen LogP contribution is -1.85. The number of hydrogen-bond acceptors (Lipinski definition) is 3. The summed E-state index contributed by atoms with van der Waals surface area (Å²) in [5.41, 5.74) is 1.07. The molecule has 0 radical (unpaired) electrons. The van der Waals surface area contributed by atoms with Crippen LogP contribution in [0.4, 0.5) is 0 Å². The maximum atomic E-state index is 4.73. The Morgan fingerprint density at radius 2 is 2.08 bits per heavy atom. The van der Waals surface area contributed by atoms with Crippen LogP contribution in [0, 0.1) is 0 Å². The van der Waals surface area contributed by atoms with Gasteiger partial charge in [-0.25, -0.2) is 0 Å². The van der Waals surface area contributed by atoms with Crippen molar-refractivity contribution in [2.45, 2.75) is 32.1 Å². The van der Waals surface area contributed by atoms with Crippen LogP contribution in [-0.4, -0.2) is 10.9 Å². The van der Waals surface area contributed by atoms with E-state index in [9.17, 15) is 0 Å². The maximum Gasteiger partial charge on any atom is 0.124 e. The van der Waals surface area contributed by atoms with Gasteiger partial charge in [0.05, 0.1) is 5.69 Å². The monoisotopic (exact) mass is 185 g/mol.